The fraction of sp³-hybridized carbons (Fsp3) is 0.211. The van der Waals surface area contributed by atoms with E-state index in [9.17, 15) is 9.59 Å². The number of hydrogen-bond donors (Lipinski definition) is 2. The van der Waals surface area contributed by atoms with Crippen LogP contribution in [0, 0.1) is 0 Å². The minimum atomic E-state index is -0.234. The number of aromatic amines is 1. The number of methoxy groups -OCH3 is 1. The summed E-state index contributed by atoms with van der Waals surface area (Å²) in [5.74, 6) is 0.701. The molecule has 0 bridgehead atoms. The number of aromatic nitrogens is 2. The quantitative estimate of drug-likeness (QED) is 0.722. The van der Waals surface area contributed by atoms with E-state index in [1.54, 1.807) is 19.2 Å². The number of carbonyl (C=O) groups is 1. The molecule has 1 amide bonds. The van der Waals surface area contributed by atoms with Crippen molar-refractivity contribution in [2.24, 2.45) is 0 Å². The number of rotatable bonds is 6. The second-order valence-corrected chi connectivity index (χ2v) is 5.63. The molecule has 0 spiro atoms. The van der Waals surface area contributed by atoms with Gasteiger partial charge < -0.3 is 10.1 Å². The molecule has 0 aliphatic heterocycles. The third-order valence-corrected chi connectivity index (χ3v) is 4.04. The molecule has 1 aromatic heterocycles. The van der Waals surface area contributed by atoms with Gasteiger partial charge in [-0.15, -0.1) is 0 Å². The Morgan fingerprint density at radius 3 is 2.64 bits per heavy atom. The highest BCUT2D eigenvalue weighted by atomic mass is 16.5. The minimum absolute atomic E-state index is 0.0806. The van der Waals surface area contributed by atoms with Crippen LogP contribution in [0.2, 0.25) is 0 Å². The van der Waals surface area contributed by atoms with Crippen LogP contribution in [-0.4, -0.2) is 23.2 Å². The minimum Gasteiger partial charge on any atom is -0.496 e. The van der Waals surface area contributed by atoms with Gasteiger partial charge in [-0.1, -0.05) is 36.4 Å². The van der Waals surface area contributed by atoms with E-state index in [0.717, 1.165) is 16.7 Å². The molecule has 0 unspecified atom stereocenters. The molecule has 0 radical (unpaired) electrons. The number of para-hydroxylation sites is 1. The Morgan fingerprint density at radius 2 is 1.84 bits per heavy atom. The topological polar surface area (TPSA) is 84.1 Å². The van der Waals surface area contributed by atoms with E-state index in [-0.39, 0.29) is 18.0 Å². The number of amides is 1. The standard InChI is InChI=1S/C19H19N3O3/c1-25-17-9-5-2-6-13(17)10-11-18(23)20-12-16-14-7-3-4-8-15(14)19(24)22-21-16/h2-9H,10-12H2,1H3,(H,20,23)(H,22,24). The van der Waals surface area contributed by atoms with E-state index in [2.05, 4.69) is 15.5 Å². The molecular weight excluding hydrogens is 318 g/mol. The van der Waals surface area contributed by atoms with E-state index in [4.69, 9.17) is 4.74 Å². The Hall–Kier alpha value is -3.15. The smallest absolute Gasteiger partial charge is 0.272 e. The molecule has 128 valence electrons. The van der Waals surface area contributed by atoms with Crippen LogP contribution >= 0.6 is 0 Å². The van der Waals surface area contributed by atoms with Crippen molar-refractivity contribution in [2.75, 3.05) is 7.11 Å². The molecule has 2 N–H and O–H groups in total. The molecular formula is C19H19N3O3. The van der Waals surface area contributed by atoms with Gasteiger partial charge in [0.25, 0.3) is 5.56 Å². The third-order valence-electron chi connectivity index (χ3n) is 4.04. The predicted molar refractivity (Wildman–Crippen MR) is 95.5 cm³/mol. The Balaban J connectivity index is 1.63. The average Bonchev–Trinajstić information content (AvgIpc) is 2.66. The van der Waals surface area contributed by atoms with Gasteiger partial charge in [0.2, 0.25) is 5.91 Å². The zero-order valence-electron chi connectivity index (χ0n) is 13.9. The van der Waals surface area contributed by atoms with E-state index >= 15 is 0 Å². The monoisotopic (exact) mass is 337 g/mol. The maximum atomic E-state index is 12.1. The van der Waals surface area contributed by atoms with Crippen LogP contribution < -0.4 is 15.6 Å². The SMILES string of the molecule is COc1ccccc1CCC(=O)NCc1n[nH]c(=O)c2ccccc12. The average molecular weight is 337 g/mol. The van der Waals surface area contributed by atoms with Gasteiger partial charge in [0.1, 0.15) is 5.75 Å². The van der Waals surface area contributed by atoms with Crippen LogP contribution in [0.15, 0.2) is 53.3 Å². The van der Waals surface area contributed by atoms with Crippen LogP contribution in [0.5, 0.6) is 5.75 Å². The van der Waals surface area contributed by atoms with Gasteiger partial charge in [-0.3, -0.25) is 9.59 Å². The molecule has 0 aliphatic carbocycles. The van der Waals surface area contributed by atoms with Crippen LogP contribution in [0.3, 0.4) is 0 Å². The molecule has 2 aromatic carbocycles. The first-order valence-corrected chi connectivity index (χ1v) is 8.04. The molecule has 0 saturated heterocycles. The number of carbonyl (C=O) groups excluding carboxylic acids is 1. The Morgan fingerprint density at radius 1 is 1.12 bits per heavy atom. The maximum Gasteiger partial charge on any atom is 0.272 e. The van der Waals surface area contributed by atoms with Gasteiger partial charge >= 0.3 is 0 Å². The van der Waals surface area contributed by atoms with Crippen molar-refractivity contribution < 1.29 is 9.53 Å². The highest BCUT2D eigenvalue weighted by molar-refractivity contribution is 5.84. The second-order valence-electron chi connectivity index (χ2n) is 5.63. The number of ether oxygens (including phenoxy) is 1. The molecule has 0 atom stereocenters. The zero-order valence-corrected chi connectivity index (χ0v) is 13.9. The van der Waals surface area contributed by atoms with Gasteiger partial charge in [0, 0.05) is 11.8 Å². The molecule has 0 fully saturated rings. The lowest BCUT2D eigenvalue weighted by atomic mass is 10.1. The zero-order chi connectivity index (χ0) is 17.6. The van der Waals surface area contributed by atoms with Crippen molar-refractivity contribution in [2.45, 2.75) is 19.4 Å². The highest BCUT2D eigenvalue weighted by Gasteiger charge is 2.09. The number of H-pyrrole nitrogens is 1. The fourth-order valence-electron chi connectivity index (χ4n) is 2.73. The van der Waals surface area contributed by atoms with Crippen molar-refractivity contribution in [1.82, 2.24) is 15.5 Å². The van der Waals surface area contributed by atoms with Crippen molar-refractivity contribution in [3.8, 4) is 5.75 Å². The fourth-order valence-corrected chi connectivity index (χ4v) is 2.73. The van der Waals surface area contributed by atoms with Gasteiger partial charge in [-0.2, -0.15) is 5.10 Å². The predicted octanol–water partition coefficient (Wildman–Crippen LogP) is 2.18. The van der Waals surface area contributed by atoms with Crippen LogP contribution in [0.4, 0.5) is 0 Å². The van der Waals surface area contributed by atoms with E-state index in [1.165, 1.54) is 0 Å². The molecule has 3 aromatic rings. The normalized spacial score (nSPS) is 10.6. The van der Waals surface area contributed by atoms with Crippen molar-refractivity contribution >= 4 is 16.7 Å². The Kier molecular flexibility index (Phi) is 5.09. The summed E-state index contributed by atoms with van der Waals surface area (Å²) < 4.78 is 5.29. The van der Waals surface area contributed by atoms with E-state index in [0.29, 0.717) is 23.9 Å². The van der Waals surface area contributed by atoms with Crippen molar-refractivity contribution in [3.63, 3.8) is 0 Å². The van der Waals surface area contributed by atoms with Gasteiger partial charge in [-0.05, 0) is 24.1 Å². The number of nitrogens with zero attached hydrogens (tertiary/aromatic N) is 1. The van der Waals surface area contributed by atoms with Gasteiger partial charge in [0.05, 0.1) is 24.7 Å². The van der Waals surface area contributed by atoms with Crippen LogP contribution in [-0.2, 0) is 17.8 Å². The first-order valence-electron chi connectivity index (χ1n) is 8.04. The van der Waals surface area contributed by atoms with Crippen LogP contribution in [0.1, 0.15) is 17.7 Å². The highest BCUT2D eigenvalue weighted by Crippen LogP contribution is 2.18. The summed E-state index contributed by atoms with van der Waals surface area (Å²) in [5, 5.41) is 10.7. The van der Waals surface area contributed by atoms with Gasteiger partial charge in [0.15, 0.2) is 0 Å². The lowest BCUT2D eigenvalue weighted by Gasteiger charge is -2.09. The number of fused-ring (bicyclic) bond motifs is 1. The maximum absolute atomic E-state index is 12.1. The molecule has 6 nitrogen and oxygen atoms in total. The Bertz CT molecular complexity index is 950. The number of aryl methyl sites for hydroxylation is 1. The molecule has 0 saturated carbocycles. The number of hydrogen-bond acceptors (Lipinski definition) is 4. The summed E-state index contributed by atoms with van der Waals surface area (Å²) in [7, 11) is 1.62. The lowest BCUT2D eigenvalue weighted by molar-refractivity contribution is -0.121. The third kappa shape index (κ3) is 3.85. The van der Waals surface area contributed by atoms with Crippen molar-refractivity contribution in [1.29, 1.82) is 0 Å². The largest absolute Gasteiger partial charge is 0.496 e. The molecule has 1 heterocycles. The summed E-state index contributed by atoms with van der Waals surface area (Å²) >= 11 is 0. The van der Waals surface area contributed by atoms with Gasteiger partial charge in [-0.25, -0.2) is 5.10 Å². The van der Waals surface area contributed by atoms with Crippen LogP contribution in [0.25, 0.3) is 10.8 Å². The molecule has 25 heavy (non-hydrogen) atoms. The molecule has 3 rings (SSSR count). The summed E-state index contributed by atoms with van der Waals surface area (Å²) in [4.78, 5) is 23.9. The second kappa shape index (κ2) is 7.61. The molecule has 6 heteroatoms. The lowest BCUT2D eigenvalue weighted by Crippen LogP contribution is -2.25. The Labute approximate surface area is 144 Å². The number of nitrogens with one attached hydrogen (secondary N) is 2. The summed E-state index contributed by atoms with van der Waals surface area (Å²) in [6.45, 7) is 0.266. The first-order chi connectivity index (χ1) is 12.2. The van der Waals surface area contributed by atoms with E-state index in [1.807, 2.05) is 36.4 Å². The summed E-state index contributed by atoms with van der Waals surface area (Å²) in [6.07, 6.45) is 0.942. The first kappa shape index (κ1) is 16.7. The van der Waals surface area contributed by atoms with E-state index < -0.39 is 0 Å². The summed E-state index contributed by atoms with van der Waals surface area (Å²) in [5.41, 5.74) is 1.40. The molecule has 0 aliphatic rings. The van der Waals surface area contributed by atoms with Crippen molar-refractivity contribution in [3.05, 3.63) is 70.1 Å². The number of benzene rings is 2. The summed E-state index contributed by atoms with van der Waals surface area (Å²) in [6, 6.07) is 14.9.